The molecule has 0 radical (unpaired) electrons. The topological polar surface area (TPSA) is 61.8 Å². The van der Waals surface area contributed by atoms with Crippen LogP contribution >= 0.6 is 15.9 Å². The summed E-state index contributed by atoms with van der Waals surface area (Å²) in [6.45, 7) is 4.09. The van der Waals surface area contributed by atoms with Crippen molar-refractivity contribution in [3.05, 3.63) is 46.5 Å². The van der Waals surface area contributed by atoms with Crippen LogP contribution in [0.25, 0.3) is 0 Å². The molecular weight excluding hydrogens is 409 g/mol. The van der Waals surface area contributed by atoms with Crippen LogP contribution in [-0.2, 0) is 10.0 Å². The van der Waals surface area contributed by atoms with E-state index in [1.807, 2.05) is 19.9 Å². The van der Waals surface area contributed by atoms with Crippen molar-refractivity contribution in [3.8, 4) is 0 Å². The Morgan fingerprint density at radius 2 is 2.08 bits per heavy atom. The van der Waals surface area contributed by atoms with E-state index in [0.717, 1.165) is 27.4 Å². The fraction of sp³-hybridized carbons (Fsp3) is 0.471. The molecule has 0 spiro atoms. The molecule has 0 aromatic rings. The SMILES string of the molecule is CC(C)C1=C(CBr)C(C2=CC=C(F)C3=CC32)N=C(N(C)S(C)(=O)=O)N1. The number of guanidine groups is 1. The summed E-state index contributed by atoms with van der Waals surface area (Å²) in [6.07, 6.45) is 6.25. The number of nitrogens with zero attached hydrogens (tertiary/aromatic N) is 2. The fourth-order valence-corrected chi connectivity index (χ4v) is 4.12. The number of halogens is 2. The minimum Gasteiger partial charge on any atom is -0.329 e. The average molecular weight is 430 g/mol. The van der Waals surface area contributed by atoms with Crippen LogP contribution in [0.1, 0.15) is 13.8 Å². The van der Waals surface area contributed by atoms with Crippen molar-refractivity contribution in [2.24, 2.45) is 16.8 Å². The quantitative estimate of drug-likeness (QED) is 0.698. The Balaban J connectivity index is 2.07. The third-order valence-electron chi connectivity index (χ3n) is 4.64. The number of sulfonamides is 1. The molecule has 0 aromatic heterocycles. The van der Waals surface area contributed by atoms with Crippen LogP contribution < -0.4 is 5.32 Å². The standard InChI is InChI=1S/C17H21BrFN3O2S/c1-9(2)15-13(8-18)16(10-5-6-14(19)12-7-11(10)12)21-17(20-15)22(3)25(4,23)24/h5-7,9,11,16H,8H2,1-4H3,(H,20,21). The van der Waals surface area contributed by atoms with E-state index in [2.05, 4.69) is 26.2 Å². The number of allylic oxidation sites excluding steroid dienone is 6. The third kappa shape index (κ3) is 3.33. The van der Waals surface area contributed by atoms with E-state index in [-0.39, 0.29) is 23.7 Å². The minimum absolute atomic E-state index is 0.0379. The van der Waals surface area contributed by atoms with Gasteiger partial charge < -0.3 is 5.32 Å². The highest BCUT2D eigenvalue weighted by Crippen LogP contribution is 2.47. The van der Waals surface area contributed by atoms with Crippen molar-refractivity contribution >= 4 is 31.9 Å². The zero-order chi connectivity index (χ0) is 18.5. The van der Waals surface area contributed by atoms with Crippen molar-refractivity contribution in [2.45, 2.75) is 19.9 Å². The first-order valence-corrected chi connectivity index (χ1v) is 11.0. The Morgan fingerprint density at radius 1 is 1.40 bits per heavy atom. The van der Waals surface area contributed by atoms with Crippen LogP contribution in [0.15, 0.2) is 51.5 Å². The summed E-state index contributed by atoms with van der Waals surface area (Å²) in [4.78, 5) is 4.67. The van der Waals surface area contributed by atoms with E-state index in [4.69, 9.17) is 0 Å². The number of nitrogens with one attached hydrogen (secondary N) is 1. The summed E-state index contributed by atoms with van der Waals surface area (Å²) >= 11 is 3.54. The molecule has 1 N–H and O–H groups in total. The Kier molecular flexibility index (Phi) is 4.70. The number of hydrogen-bond acceptors (Lipinski definition) is 4. The van der Waals surface area contributed by atoms with Crippen molar-refractivity contribution in [3.63, 3.8) is 0 Å². The van der Waals surface area contributed by atoms with Crippen molar-refractivity contribution in [1.82, 2.24) is 9.62 Å². The third-order valence-corrected chi connectivity index (χ3v) is 6.41. The lowest BCUT2D eigenvalue weighted by atomic mass is 9.88. The molecule has 25 heavy (non-hydrogen) atoms. The molecule has 8 heteroatoms. The number of fused-ring (bicyclic) bond motifs is 1. The fourth-order valence-electron chi connectivity index (χ4n) is 3.10. The van der Waals surface area contributed by atoms with E-state index in [1.54, 1.807) is 6.08 Å². The van der Waals surface area contributed by atoms with Gasteiger partial charge in [-0.05, 0) is 28.7 Å². The van der Waals surface area contributed by atoms with E-state index >= 15 is 0 Å². The summed E-state index contributed by atoms with van der Waals surface area (Å²) in [5, 5.41) is 3.78. The molecule has 3 aliphatic rings. The first-order chi connectivity index (χ1) is 11.6. The maximum Gasteiger partial charge on any atom is 0.234 e. The predicted octanol–water partition coefficient (Wildman–Crippen LogP) is 2.86. The van der Waals surface area contributed by atoms with Crippen LogP contribution in [0.4, 0.5) is 4.39 Å². The molecule has 5 nitrogen and oxygen atoms in total. The van der Waals surface area contributed by atoms with Gasteiger partial charge in [0, 0.05) is 24.0 Å². The molecule has 1 heterocycles. The van der Waals surface area contributed by atoms with Gasteiger partial charge in [-0.25, -0.2) is 22.1 Å². The number of rotatable bonds is 4. The number of aliphatic imine (C=N–C) groups is 1. The zero-order valence-electron chi connectivity index (χ0n) is 14.5. The van der Waals surface area contributed by atoms with Crippen molar-refractivity contribution in [2.75, 3.05) is 18.6 Å². The molecule has 0 saturated heterocycles. The summed E-state index contributed by atoms with van der Waals surface area (Å²) in [5.74, 6) is 0.216. The Labute approximate surface area is 156 Å². The normalized spacial score (nSPS) is 25.6. The summed E-state index contributed by atoms with van der Waals surface area (Å²) in [5.41, 5.74) is 3.66. The van der Waals surface area contributed by atoms with Gasteiger partial charge in [0.05, 0.1) is 12.3 Å². The van der Waals surface area contributed by atoms with Gasteiger partial charge in [0.2, 0.25) is 16.0 Å². The summed E-state index contributed by atoms with van der Waals surface area (Å²) in [7, 11) is -1.96. The first-order valence-electron chi connectivity index (χ1n) is 8.02. The maximum atomic E-state index is 13.7. The molecule has 0 saturated carbocycles. The van der Waals surface area contributed by atoms with E-state index in [9.17, 15) is 12.8 Å². The van der Waals surface area contributed by atoms with Crippen LogP contribution in [0.2, 0.25) is 0 Å². The molecule has 0 amide bonds. The van der Waals surface area contributed by atoms with Crippen molar-refractivity contribution < 1.29 is 12.8 Å². The monoisotopic (exact) mass is 429 g/mol. The first kappa shape index (κ1) is 18.4. The average Bonchev–Trinajstić information content (AvgIpc) is 3.33. The lowest BCUT2D eigenvalue weighted by Gasteiger charge is -2.34. The van der Waals surface area contributed by atoms with Crippen LogP contribution in [0.3, 0.4) is 0 Å². The Hall–Kier alpha value is -1.41. The van der Waals surface area contributed by atoms with Gasteiger partial charge in [0.25, 0.3) is 0 Å². The second kappa shape index (κ2) is 6.39. The molecule has 2 aliphatic carbocycles. The molecule has 0 aromatic carbocycles. The molecule has 0 bridgehead atoms. The molecule has 0 fully saturated rings. The van der Waals surface area contributed by atoms with Gasteiger partial charge in [0.1, 0.15) is 5.83 Å². The Bertz CT molecular complexity index is 868. The highest BCUT2D eigenvalue weighted by Gasteiger charge is 2.40. The van der Waals surface area contributed by atoms with Gasteiger partial charge in [-0.3, -0.25) is 0 Å². The molecule has 3 rings (SSSR count). The zero-order valence-corrected chi connectivity index (χ0v) is 16.9. The number of alkyl halides is 1. The van der Waals surface area contributed by atoms with Gasteiger partial charge >= 0.3 is 0 Å². The van der Waals surface area contributed by atoms with Crippen LogP contribution in [-0.4, -0.2) is 43.4 Å². The molecule has 2 unspecified atom stereocenters. The van der Waals surface area contributed by atoms with Gasteiger partial charge in [-0.15, -0.1) is 0 Å². The van der Waals surface area contributed by atoms with Crippen LogP contribution in [0.5, 0.6) is 0 Å². The summed E-state index contributed by atoms with van der Waals surface area (Å²) < 4.78 is 38.7. The molecule has 1 aliphatic heterocycles. The second-order valence-electron chi connectivity index (χ2n) is 6.72. The molecular formula is C17H21BrFN3O2S. The molecule has 2 atom stereocenters. The van der Waals surface area contributed by atoms with Crippen LogP contribution in [0, 0.1) is 11.8 Å². The highest BCUT2D eigenvalue weighted by atomic mass is 79.9. The smallest absolute Gasteiger partial charge is 0.234 e. The van der Waals surface area contributed by atoms with E-state index in [0.29, 0.717) is 16.9 Å². The lowest BCUT2D eigenvalue weighted by Crippen LogP contribution is -2.47. The lowest BCUT2D eigenvalue weighted by molar-refractivity contribution is 0.545. The summed E-state index contributed by atoms with van der Waals surface area (Å²) in [6, 6.07) is -0.319. The molecule has 136 valence electrons. The van der Waals surface area contributed by atoms with Gasteiger partial charge in [-0.1, -0.05) is 41.9 Å². The Morgan fingerprint density at radius 3 is 2.64 bits per heavy atom. The van der Waals surface area contributed by atoms with E-state index in [1.165, 1.54) is 13.1 Å². The maximum absolute atomic E-state index is 13.7. The predicted molar refractivity (Wildman–Crippen MR) is 101 cm³/mol. The van der Waals surface area contributed by atoms with Gasteiger partial charge in [-0.2, -0.15) is 0 Å². The largest absolute Gasteiger partial charge is 0.329 e. The van der Waals surface area contributed by atoms with E-state index < -0.39 is 10.0 Å². The van der Waals surface area contributed by atoms with Crippen molar-refractivity contribution in [1.29, 1.82) is 0 Å². The number of hydrogen-bond donors (Lipinski definition) is 1. The second-order valence-corrected chi connectivity index (χ2v) is 9.29. The van der Waals surface area contributed by atoms with Gasteiger partial charge in [0.15, 0.2) is 0 Å². The minimum atomic E-state index is -3.44. The highest BCUT2D eigenvalue weighted by molar-refractivity contribution is 9.09.